The molecule has 0 atom stereocenters. The molecule has 1 N–H and O–H groups in total. The summed E-state index contributed by atoms with van der Waals surface area (Å²) >= 11 is 0. The molecule has 0 fully saturated rings. The van der Waals surface area contributed by atoms with E-state index in [1.54, 1.807) is 0 Å². The zero-order valence-electron chi connectivity index (χ0n) is 19.1. The zero-order valence-corrected chi connectivity index (χ0v) is 21.5. The van der Waals surface area contributed by atoms with E-state index < -0.39 is 0 Å². The van der Waals surface area contributed by atoms with Crippen molar-refractivity contribution < 1.29 is 4.74 Å². The van der Waals surface area contributed by atoms with Gasteiger partial charge in [-0.1, -0.05) is 18.6 Å². The highest BCUT2D eigenvalue weighted by atomic mass is 127. The van der Waals surface area contributed by atoms with Crippen molar-refractivity contribution in [1.82, 2.24) is 25.0 Å². The molecule has 0 saturated heterocycles. The number of nitrogens with one attached hydrogen (secondary N) is 1. The van der Waals surface area contributed by atoms with Gasteiger partial charge in [0, 0.05) is 46.1 Å². The van der Waals surface area contributed by atoms with Crippen molar-refractivity contribution in [1.29, 1.82) is 0 Å². The summed E-state index contributed by atoms with van der Waals surface area (Å²) in [5, 5.41) is 12.2. The van der Waals surface area contributed by atoms with E-state index in [1.807, 2.05) is 19.1 Å². The Labute approximate surface area is 203 Å². The van der Waals surface area contributed by atoms with Crippen molar-refractivity contribution in [2.45, 2.75) is 65.5 Å². The van der Waals surface area contributed by atoms with E-state index in [2.05, 4.69) is 51.1 Å². The molecule has 1 aliphatic heterocycles. The Hall–Kier alpha value is -1.84. The summed E-state index contributed by atoms with van der Waals surface area (Å²) in [6, 6.07) is 8.28. The Morgan fingerprint density at radius 1 is 1.16 bits per heavy atom. The van der Waals surface area contributed by atoms with Crippen LogP contribution >= 0.6 is 24.0 Å². The van der Waals surface area contributed by atoms with Crippen LogP contribution in [-0.2, 0) is 25.9 Å². The summed E-state index contributed by atoms with van der Waals surface area (Å²) in [7, 11) is 2.08. The van der Waals surface area contributed by atoms with Crippen molar-refractivity contribution >= 4 is 29.9 Å². The third-order valence-corrected chi connectivity index (χ3v) is 5.36. The molecule has 2 aromatic rings. The second-order valence-corrected chi connectivity index (χ2v) is 7.77. The molecule has 0 bridgehead atoms. The number of hydrogen-bond donors (Lipinski definition) is 1. The van der Waals surface area contributed by atoms with Gasteiger partial charge in [0.2, 0.25) is 0 Å². The predicted octanol–water partition coefficient (Wildman–Crippen LogP) is 4.05. The largest absolute Gasteiger partial charge is 0.494 e. The summed E-state index contributed by atoms with van der Waals surface area (Å²) in [5.41, 5.74) is 1.23. The average Bonchev–Trinajstić information content (AvgIpc) is 2.97. The van der Waals surface area contributed by atoms with Gasteiger partial charge >= 0.3 is 0 Å². The number of nitrogens with zero attached hydrogens (tertiary/aromatic N) is 5. The lowest BCUT2D eigenvalue weighted by molar-refractivity contribution is 0.340. The highest BCUT2D eigenvalue weighted by Crippen LogP contribution is 2.16. The lowest BCUT2D eigenvalue weighted by Crippen LogP contribution is -2.38. The van der Waals surface area contributed by atoms with Gasteiger partial charge in [0.1, 0.15) is 17.4 Å². The molecule has 1 aliphatic rings. The summed E-state index contributed by atoms with van der Waals surface area (Å²) in [4.78, 5) is 7.00. The molecule has 0 unspecified atom stereocenters. The Balaban J connectivity index is 0.00000341. The summed E-state index contributed by atoms with van der Waals surface area (Å²) in [5.74, 6) is 4.13. The first-order chi connectivity index (χ1) is 14.7. The number of hydrogen-bond acceptors (Lipinski definition) is 4. The van der Waals surface area contributed by atoms with Crippen molar-refractivity contribution in [2.24, 2.45) is 4.99 Å². The molecule has 3 rings (SSSR count). The van der Waals surface area contributed by atoms with Crippen LogP contribution in [-0.4, -0.2) is 52.4 Å². The van der Waals surface area contributed by atoms with E-state index in [-0.39, 0.29) is 24.0 Å². The van der Waals surface area contributed by atoms with Crippen LogP contribution in [0.3, 0.4) is 0 Å². The van der Waals surface area contributed by atoms with Gasteiger partial charge in [0.05, 0.1) is 6.61 Å². The van der Waals surface area contributed by atoms with E-state index in [9.17, 15) is 0 Å². The van der Waals surface area contributed by atoms with Gasteiger partial charge in [-0.05, 0) is 50.8 Å². The van der Waals surface area contributed by atoms with Crippen molar-refractivity contribution in [3.05, 3.63) is 41.5 Å². The third kappa shape index (κ3) is 7.66. The molecule has 2 heterocycles. The van der Waals surface area contributed by atoms with Gasteiger partial charge in [-0.3, -0.25) is 4.99 Å². The summed E-state index contributed by atoms with van der Waals surface area (Å²) < 4.78 is 7.86. The Bertz CT molecular complexity index is 805. The first-order valence-corrected chi connectivity index (χ1v) is 11.3. The number of rotatable bonds is 9. The lowest BCUT2D eigenvalue weighted by atomic mass is 10.2. The molecule has 7 nitrogen and oxygen atoms in total. The van der Waals surface area contributed by atoms with Crippen LogP contribution in [0.1, 0.15) is 56.7 Å². The highest BCUT2D eigenvalue weighted by Gasteiger charge is 2.14. The van der Waals surface area contributed by atoms with Gasteiger partial charge in [-0.2, -0.15) is 0 Å². The van der Waals surface area contributed by atoms with Gasteiger partial charge in [0.15, 0.2) is 5.96 Å². The molecule has 31 heavy (non-hydrogen) atoms. The molecule has 8 heteroatoms. The normalized spacial score (nSPS) is 13.7. The second-order valence-electron chi connectivity index (χ2n) is 7.77. The predicted molar refractivity (Wildman–Crippen MR) is 136 cm³/mol. The molecule has 0 spiro atoms. The number of halogens is 1. The fraction of sp³-hybridized carbons (Fsp3) is 0.609. The van der Waals surface area contributed by atoms with Crippen LogP contribution in [0.25, 0.3) is 0 Å². The van der Waals surface area contributed by atoms with Crippen LogP contribution in [0.15, 0.2) is 29.3 Å². The summed E-state index contributed by atoms with van der Waals surface area (Å²) in [6.07, 6.45) is 6.72. The number of guanidine groups is 1. The van der Waals surface area contributed by atoms with E-state index in [0.717, 1.165) is 68.8 Å². The molecule has 0 amide bonds. The van der Waals surface area contributed by atoms with E-state index in [1.165, 1.54) is 24.8 Å². The molecule has 1 aromatic carbocycles. The smallest absolute Gasteiger partial charge is 0.193 e. The van der Waals surface area contributed by atoms with Crippen molar-refractivity contribution in [2.75, 3.05) is 26.7 Å². The number of fused-ring (bicyclic) bond motifs is 1. The van der Waals surface area contributed by atoms with E-state index in [4.69, 9.17) is 9.73 Å². The lowest BCUT2D eigenvalue weighted by Gasteiger charge is -2.22. The minimum absolute atomic E-state index is 0. The van der Waals surface area contributed by atoms with Crippen LogP contribution < -0.4 is 10.1 Å². The van der Waals surface area contributed by atoms with E-state index >= 15 is 0 Å². The number of aryl methyl sites for hydroxylation is 2. The summed E-state index contributed by atoms with van der Waals surface area (Å²) in [6.45, 7) is 8.28. The average molecular weight is 540 g/mol. The van der Waals surface area contributed by atoms with Crippen LogP contribution in [0.2, 0.25) is 0 Å². The maximum atomic E-state index is 5.53. The third-order valence-electron chi connectivity index (χ3n) is 5.36. The minimum atomic E-state index is 0. The first-order valence-electron chi connectivity index (χ1n) is 11.3. The van der Waals surface area contributed by atoms with Gasteiger partial charge in [0.25, 0.3) is 0 Å². The molecule has 0 aliphatic carbocycles. The number of benzene rings is 1. The topological polar surface area (TPSA) is 67.6 Å². The van der Waals surface area contributed by atoms with Crippen LogP contribution in [0.5, 0.6) is 5.75 Å². The quantitative estimate of drug-likeness (QED) is 0.225. The molecule has 0 saturated carbocycles. The maximum Gasteiger partial charge on any atom is 0.193 e. The molecule has 172 valence electrons. The zero-order chi connectivity index (χ0) is 21.2. The standard InChI is InChI=1S/C23H36N6O.HI/c1-4-24-23(28(3)18-19-12-14-20(15-13-19)30-5-2)25-16-9-11-22-27-26-21-10-7-6-8-17-29(21)22;/h12-15H,4-11,16-18H2,1-3H3,(H,24,25);1H. The fourth-order valence-electron chi connectivity index (χ4n) is 3.83. The van der Waals surface area contributed by atoms with Crippen molar-refractivity contribution in [3.63, 3.8) is 0 Å². The molecule has 0 radical (unpaired) electrons. The Kier molecular flexibility index (Phi) is 11.1. The highest BCUT2D eigenvalue weighted by molar-refractivity contribution is 14.0. The second kappa shape index (κ2) is 13.5. The SMILES string of the molecule is CCNC(=NCCCc1nnc2n1CCCCC2)N(C)Cc1ccc(OCC)cc1.I. The van der Waals surface area contributed by atoms with Gasteiger partial charge in [-0.25, -0.2) is 0 Å². The number of aromatic nitrogens is 3. The molecular formula is C23H37IN6O. The Morgan fingerprint density at radius 2 is 1.97 bits per heavy atom. The van der Waals surface area contributed by atoms with Crippen molar-refractivity contribution in [3.8, 4) is 5.75 Å². The molecular weight excluding hydrogens is 503 g/mol. The minimum Gasteiger partial charge on any atom is -0.494 e. The molecule has 1 aromatic heterocycles. The first kappa shape index (κ1) is 25.4. The number of ether oxygens (including phenoxy) is 1. The number of aliphatic imine (C=N–C) groups is 1. The monoisotopic (exact) mass is 540 g/mol. The van der Waals surface area contributed by atoms with Crippen LogP contribution in [0.4, 0.5) is 0 Å². The van der Waals surface area contributed by atoms with Crippen LogP contribution in [0, 0.1) is 0 Å². The van der Waals surface area contributed by atoms with Gasteiger partial charge in [-0.15, -0.1) is 34.2 Å². The Morgan fingerprint density at radius 3 is 2.71 bits per heavy atom. The van der Waals surface area contributed by atoms with E-state index in [0.29, 0.717) is 6.61 Å². The maximum absolute atomic E-state index is 5.53. The fourth-order valence-corrected chi connectivity index (χ4v) is 3.83. The van der Waals surface area contributed by atoms with Gasteiger partial charge < -0.3 is 19.5 Å².